The van der Waals surface area contributed by atoms with Gasteiger partial charge in [0.15, 0.2) is 0 Å². The van der Waals surface area contributed by atoms with Gasteiger partial charge in [-0.3, -0.25) is 19.3 Å². The number of carbonyl (C=O) groups excluding carboxylic acids is 3. The van der Waals surface area contributed by atoms with Crippen LogP contribution in [-0.2, 0) is 4.79 Å². The number of pyridine rings is 1. The molecular formula is C15H11BrN2O3. The number of Topliss-reactive ketones (excluding diaryl/α,β-unsaturated/α-hetero) is 1. The average molecular weight is 347 g/mol. The Hall–Kier alpha value is -2.08. The summed E-state index contributed by atoms with van der Waals surface area (Å²) in [4.78, 5) is 41.3. The Balaban J connectivity index is 1.96. The van der Waals surface area contributed by atoms with Gasteiger partial charge in [0, 0.05) is 18.4 Å². The summed E-state index contributed by atoms with van der Waals surface area (Å²) in [5.41, 5.74) is 1.16. The molecule has 106 valence electrons. The highest BCUT2D eigenvalue weighted by atomic mass is 79.9. The minimum absolute atomic E-state index is 0.0512. The maximum absolute atomic E-state index is 12.3. The van der Waals surface area contributed by atoms with E-state index in [1.54, 1.807) is 12.1 Å². The predicted octanol–water partition coefficient (Wildman–Crippen LogP) is 2.18. The minimum atomic E-state index is -0.428. The quantitative estimate of drug-likeness (QED) is 0.628. The van der Waals surface area contributed by atoms with Crippen molar-refractivity contribution in [3.05, 3.63) is 41.6 Å². The molecule has 0 radical (unpaired) electrons. The first-order valence-corrected chi connectivity index (χ1v) is 7.57. The molecular weight excluding hydrogens is 336 g/mol. The van der Waals surface area contributed by atoms with E-state index in [4.69, 9.17) is 0 Å². The number of rotatable bonds is 4. The van der Waals surface area contributed by atoms with Gasteiger partial charge in [-0.15, -0.1) is 0 Å². The summed E-state index contributed by atoms with van der Waals surface area (Å²) in [6.07, 6.45) is 0.149. The van der Waals surface area contributed by atoms with Gasteiger partial charge in [0.25, 0.3) is 11.8 Å². The molecule has 1 aromatic heterocycles. The first-order valence-electron chi connectivity index (χ1n) is 6.45. The van der Waals surface area contributed by atoms with Crippen molar-refractivity contribution in [2.24, 2.45) is 0 Å². The Bertz CT molecular complexity index is 718. The second-order valence-electron chi connectivity index (χ2n) is 4.76. The number of benzene rings is 1. The number of ketones is 1. The smallest absolute Gasteiger partial charge is 0.280 e. The van der Waals surface area contributed by atoms with E-state index in [1.165, 1.54) is 0 Å². The van der Waals surface area contributed by atoms with Crippen molar-refractivity contribution < 1.29 is 14.4 Å². The van der Waals surface area contributed by atoms with Crippen LogP contribution in [0, 0.1) is 0 Å². The van der Waals surface area contributed by atoms with Crippen LogP contribution in [0.5, 0.6) is 0 Å². The number of alkyl halides is 1. The molecule has 21 heavy (non-hydrogen) atoms. The maximum Gasteiger partial charge on any atom is 0.280 e. The lowest BCUT2D eigenvalue weighted by Crippen LogP contribution is -2.32. The molecule has 0 saturated carbocycles. The first kappa shape index (κ1) is 13.9. The lowest BCUT2D eigenvalue weighted by atomic mass is 10.1. The van der Waals surface area contributed by atoms with Crippen molar-refractivity contribution in [2.45, 2.75) is 6.42 Å². The maximum atomic E-state index is 12.3. The molecule has 0 spiro atoms. The zero-order valence-corrected chi connectivity index (χ0v) is 12.6. The fraction of sp³-hybridized carbons (Fsp3) is 0.200. The molecule has 2 heterocycles. The van der Waals surface area contributed by atoms with E-state index in [9.17, 15) is 14.4 Å². The summed E-state index contributed by atoms with van der Waals surface area (Å²) in [5, 5.41) is 1.04. The molecule has 0 fully saturated rings. The lowest BCUT2D eigenvalue weighted by Gasteiger charge is -2.11. The van der Waals surface area contributed by atoms with Crippen LogP contribution in [0.2, 0.25) is 0 Å². The van der Waals surface area contributed by atoms with E-state index in [2.05, 4.69) is 20.9 Å². The van der Waals surface area contributed by atoms with Crippen LogP contribution >= 0.6 is 15.9 Å². The normalized spacial score (nSPS) is 13.9. The Morgan fingerprint density at radius 2 is 1.95 bits per heavy atom. The second kappa shape index (κ2) is 5.37. The highest BCUT2D eigenvalue weighted by Gasteiger charge is 2.37. The first-order chi connectivity index (χ1) is 10.1. The van der Waals surface area contributed by atoms with Crippen LogP contribution in [0.25, 0.3) is 10.9 Å². The van der Waals surface area contributed by atoms with Crippen LogP contribution in [0.3, 0.4) is 0 Å². The van der Waals surface area contributed by atoms with Gasteiger partial charge in [-0.25, -0.2) is 4.98 Å². The third-order valence-corrected chi connectivity index (χ3v) is 4.04. The number of amides is 2. The van der Waals surface area contributed by atoms with Gasteiger partial charge in [-0.05, 0) is 12.1 Å². The molecule has 0 N–H and O–H groups in total. The summed E-state index contributed by atoms with van der Waals surface area (Å²) < 4.78 is 0. The molecule has 3 rings (SSSR count). The number of aromatic nitrogens is 1. The molecule has 1 aromatic carbocycles. The number of fused-ring (bicyclic) bond motifs is 2. The summed E-state index contributed by atoms with van der Waals surface area (Å²) in [6, 6.07) is 9.01. The molecule has 1 aliphatic rings. The van der Waals surface area contributed by atoms with Gasteiger partial charge in [0.1, 0.15) is 11.5 Å². The molecule has 0 unspecified atom stereocenters. The largest absolute Gasteiger partial charge is 0.299 e. The number of para-hydroxylation sites is 1. The second-order valence-corrected chi connectivity index (χ2v) is 5.32. The molecule has 2 amide bonds. The van der Waals surface area contributed by atoms with E-state index in [0.717, 1.165) is 10.3 Å². The van der Waals surface area contributed by atoms with E-state index in [1.807, 2.05) is 18.2 Å². The fourth-order valence-electron chi connectivity index (χ4n) is 2.31. The number of imide groups is 1. The monoisotopic (exact) mass is 346 g/mol. The van der Waals surface area contributed by atoms with Gasteiger partial charge < -0.3 is 0 Å². The molecule has 2 aromatic rings. The zero-order chi connectivity index (χ0) is 15.0. The SMILES string of the molecule is O=C(CBr)CCN1C(=O)c2cc3ccccc3nc2C1=O. The highest BCUT2D eigenvalue weighted by Crippen LogP contribution is 2.25. The van der Waals surface area contributed by atoms with Crippen LogP contribution in [0.1, 0.15) is 27.3 Å². The number of hydrogen-bond donors (Lipinski definition) is 0. The Morgan fingerprint density at radius 3 is 2.71 bits per heavy atom. The van der Waals surface area contributed by atoms with Gasteiger partial charge >= 0.3 is 0 Å². The molecule has 1 aliphatic heterocycles. The van der Waals surface area contributed by atoms with Crippen molar-refractivity contribution >= 4 is 44.4 Å². The van der Waals surface area contributed by atoms with Crippen molar-refractivity contribution in [3.63, 3.8) is 0 Å². The van der Waals surface area contributed by atoms with Gasteiger partial charge in [0.05, 0.1) is 16.4 Å². The summed E-state index contributed by atoms with van der Waals surface area (Å²) >= 11 is 3.06. The van der Waals surface area contributed by atoms with E-state index in [-0.39, 0.29) is 35.7 Å². The minimum Gasteiger partial charge on any atom is -0.299 e. The molecule has 0 bridgehead atoms. The van der Waals surface area contributed by atoms with E-state index < -0.39 is 5.91 Å². The molecule has 0 aliphatic carbocycles. The summed E-state index contributed by atoms with van der Waals surface area (Å²) in [6.45, 7) is 0.0921. The van der Waals surface area contributed by atoms with Crippen LogP contribution in [0.4, 0.5) is 0 Å². The molecule has 6 heteroatoms. The van der Waals surface area contributed by atoms with Crippen LogP contribution in [-0.4, -0.2) is 39.4 Å². The standard InChI is InChI=1S/C15H11BrN2O3/c16-8-10(19)5-6-18-14(20)11-7-9-3-1-2-4-12(9)17-13(11)15(18)21/h1-4,7H,5-6,8H2. The third kappa shape index (κ3) is 2.35. The number of halogens is 1. The van der Waals surface area contributed by atoms with E-state index >= 15 is 0 Å². The summed E-state index contributed by atoms with van der Waals surface area (Å²) in [5.74, 6) is -0.858. The van der Waals surface area contributed by atoms with Crippen LogP contribution in [0.15, 0.2) is 30.3 Å². The molecule has 0 atom stereocenters. The van der Waals surface area contributed by atoms with Crippen molar-refractivity contribution in [1.29, 1.82) is 0 Å². The molecule has 5 nitrogen and oxygen atoms in total. The third-order valence-electron chi connectivity index (χ3n) is 3.41. The zero-order valence-electron chi connectivity index (χ0n) is 11.0. The predicted molar refractivity (Wildman–Crippen MR) is 80.5 cm³/mol. The van der Waals surface area contributed by atoms with Gasteiger partial charge in [-0.1, -0.05) is 34.1 Å². The lowest BCUT2D eigenvalue weighted by molar-refractivity contribution is -0.116. The Labute approximate surface area is 129 Å². The number of hydrogen-bond acceptors (Lipinski definition) is 4. The Kier molecular flexibility index (Phi) is 3.55. The highest BCUT2D eigenvalue weighted by molar-refractivity contribution is 9.09. The number of carbonyl (C=O) groups is 3. The van der Waals surface area contributed by atoms with Crippen molar-refractivity contribution in [1.82, 2.24) is 9.88 Å². The number of nitrogens with zero attached hydrogens (tertiary/aromatic N) is 2. The Morgan fingerprint density at radius 1 is 1.19 bits per heavy atom. The average Bonchev–Trinajstić information content (AvgIpc) is 2.74. The molecule has 0 saturated heterocycles. The van der Waals surface area contributed by atoms with Gasteiger partial charge in [-0.2, -0.15) is 0 Å². The summed E-state index contributed by atoms with van der Waals surface area (Å²) in [7, 11) is 0. The van der Waals surface area contributed by atoms with Gasteiger partial charge in [0.2, 0.25) is 0 Å². The van der Waals surface area contributed by atoms with E-state index in [0.29, 0.717) is 11.1 Å². The topological polar surface area (TPSA) is 67.3 Å². The fourth-order valence-corrected chi connectivity index (χ4v) is 2.59. The van der Waals surface area contributed by atoms with Crippen molar-refractivity contribution in [2.75, 3.05) is 11.9 Å². The van der Waals surface area contributed by atoms with Crippen molar-refractivity contribution in [3.8, 4) is 0 Å². The van der Waals surface area contributed by atoms with Crippen LogP contribution < -0.4 is 0 Å².